The van der Waals surface area contributed by atoms with Crippen molar-refractivity contribution >= 4 is 28.8 Å². The lowest BCUT2D eigenvalue weighted by Gasteiger charge is -2.11. The molecule has 1 N–H and O–H groups in total. The molecule has 2 aromatic carbocycles. The van der Waals surface area contributed by atoms with Crippen molar-refractivity contribution in [1.29, 1.82) is 0 Å². The number of methoxy groups -OCH3 is 1. The smallest absolute Gasteiger partial charge is 0.435 e. The average Bonchev–Trinajstić information content (AvgIpc) is 3.08. The molecule has 0 aliphatic heterocycles. The van der Waals surface area contributed by atoms with Gasteiger partial charge < -0.3 is 10.1 Å². The number of hydrogen-bond acceptors (Lipinski definition) is 4. The van der Waals surface area contributed by atoms with E-state index in [2.05, 4.69) is 15.4 Å². The minimum atomic E-state index is -4.69. The van der Waals surface area contributed by atoms with Gasteiger partial charge in [-0.1, -0.05) is 35.9 Å². The van der Waals surface area contributed by atoms with Gasteiger partial charge in [0.1, 0.15) is 11.6 Å². The van der Waals surface area contributed by atoms with Crippen LogP contribution in [-0.2, 0) is 6.18 Å². The van der Waals surface area contributed by atoms with Crippen molar-refractivity contribution in [3.63, 3.8) is 0 Å². The summed E-state index contributed by atoms with van der Waals surface area (Å²) in [6, 6.07) is 15.0. The van der Waals surface area contributed by atoms with Crippen LogP contribution in [0.2, 0.25) is 5.02 Å². The first-order valence-corrected chi connectivity index (χ1v) is 9.29. The van der Waals surface area contributed by atoms with Gasteiger partial charge in [-0.25, -0.2) is 4.98 Å². The Kier molecular flexibility index (Phi) is 5.03. The van der Waals surface area contributed by atoms with Crippen molar-refractivity contribution in [1.82, 2.24) is 14.6 Å². The number of ether oxygens (including phenoxy) is 1. The zero-order valence-electron chi connectivity index (χ0n) is 16.0. The van der Waals surface area contributed by atoms with E-state index >= 15 is 0 Å². The highest BCUT2D eigenvalue weighted by molar-refractivity contribution is 6.33. The highest BCUT2D eigenvalue weighted by atomic mass is 35.5. The summed E-state index contributed by atoms with van der Waals surface area (Å²) in [6.45, 7) is 1.70. The van der Waals surface area contributed by atoms with Gasteiger partial charge >= 0.3 is 6.18 Å². The van der Waals surface area contributed by atoms with Crippen LogP contribution in [0, 0.1) is 6.92 Å². The molecule has 0 fully saturated rings. The van der Waals surface area contributed by atoms with E-state index in [1.54, 1.807) is 49.4 Å². The van der Waals surface area contributed by atoms with Gasteiger partial charge in [-0.05, 0) is 25.1 Å². The minimum Gasteiger partial charge on any atom is -0.497 e. The largest absolute Gasteiger partial charge is 0.497 e. The number of aromatic nitrogens is 3. The molecule has 9 heteroatoms. The van der Waals surface area contributed by atoms with Gasteiger partial charge in [-0.2, -0.15) is 22.8 Å². The number of halogens is 4. The van der Waals surface area contributed by atoms with Crippen LogP contribution >= 0.6 is 11.6 Å². The predicted octanol–water partition coefficient (Wildman–Crippen LogP) is 6.13. The van der Waals surface area contributed by atoms with Crippen molar-refractivity contribution in [3.05, 3.63) is 71.0 Å². The Morgan fingerprint density at radius 3 is 2.53 bits per heavy atom. The summed E-state index contributed by atoms with van der Waals surface area (Å²) in [7, 11) is 1.53. The highest BCUT2D eigenvalue weighted by Gasteiger charge is 2.39. The van der Waals surface area contributed by atoms with E-state index in [0.29, 0.717) is 22.9 Å². The lowest BCUT2D eigenvalue weighted by molar-refractivity contribution is -0.140. The topological polar surface area (TPSA) is 51.5 Å². The molecule has 4 rings (SSSR count). The van der Waals surface area contributed by atoms with Gasteiger partial charge in [0.25, 0.3) is 0 Å². The lowest BCUT2D eigenvalue weighted by atomic mass is 10.1. The molecule has 0 amide bonds. The highest BCUT2D eigenvalue weighted by Crippen LogP contribution is 2.41. The Bertz CT molecular complexity index is 1240. The monoisotopic (exact) mass is 432 g/mol. The molecule has 0 unspecified atom stereocenters. The Morgan fingerprint density at radius 2 is 1.83 bits per heavy atom. The maximum absolute atomic E-state index is 13.9. The van der Waals surface area contributed by atoms with Crippen molar-refractivity contribution in [2.24, 2.45) is 0 Å². The second kappa shape index (κ2) is 7.53. The SMILES string of the molecule is COc1cccc(Nc2cc(C)nc3c(-c4ccccc4Cl)c(C(F)(F)F)nn23)c1. The molecule has 0 radical (unpaired) electrons. The van der Waals surface area contributed by atoms with Gasteiger partial charge in [-0.3, -0.25) is 0 Å². The fraction of sp³-hybridized carbons (Fsp3) is 0.143. The fourth-order valence-corrected chi connectivity index (χ4v) is 3.42. The molecule has 30 heavy (non-hydrogen) atoms. The van der Waals surface area contributed by atoms with Crippen molar-refractivity contribution in [2.45, 2.75) is 13.1 Å². The molecule has 5 nitrogen and oxygen atoms in total. The second-order valence-electron chi connectivity index (χ2n) is 6.58. The van der Waals surface area contributed by atoms with Crippen molar-refractivity contribution < 1.29 is 17.9 Å². The van der Waals surface area contributed by atoms with Crippen LogP contribution in [0.5, 0.6) is 5.75 Å². The summed E-state index contributed by atoms with van der Waals surface area (Å²) in [5.41, 5.74) is 0.208. The maximum Gasteiger partial charge on any atom is 0.435 e. The standard InChI is InChI=1S/C21H16ClF3N4O/c1-12-10-17(27-13-6-5-7-14(11-13)30-2)29-20(26-12)18(19(28-29)21(23,24)25)15-8-3-4-9-16(15)22/h3-11,27H,1-2H3. The van der Waals surface area contributed by atoms with Gasteiger partial charge in [0.2, 0.25) is 0 Å². The van der Waals surface area contributed by atoms with E-state index in [9.17, 15) is 13.2 Å². The van der Waals surface area contributed by atoms with E-state index < -0.39 is 11.9 Å². The summed E-state index contributed by atoms with van der Waals surface area (Å²) in [4.78, 5) is 4.34. The lowest BCUT2D eigenvalue weighted by Crippen LogP contribution is -2.08. The van der Waals surface area contributed by atoms with Crippen LogP contribution in [0.1, 0.15) is 11.4 Å². The molecular formula is C21H16ClF3N4O. The average molecular weight is 433 g/mol. The van der Waals surface area contributed by atoms with Crippen LogP contribution in [0.3, 0.4) is 0 Å². The molecule has 0 spiro atoms. The van der Waals surface area contributed by atoms with Gasteiger partial charge in [0, 0.05) is 34.1 Å². The summed E-state index contributed by atoms with van der Waals surface area (Å²) < 4.78 is 48.0. The number of benzene rings is 2. The number of aryl methyl sites for hydroxylation is 1. The predicted molar refractivity (Wildman–Crippen MR) is 109 cm³/mol. The first kappa shape index (κ1) is 20.0. The number of nitrogens with one attached hydrogen (secondary N) is 1. The Labute approximate surface area is 175 Å². The number of anilines is 2. The van der Waals surface area contributed by atoms with Gasteiger partial charge in [0.05, 0.1) is 12.7 Å². The fourth-order valence-electron chi connectivity index (χ4n) is 3.19. The summed E-state index contributed by atoms with van der Waals surface area (Å²) >= 11 is 6.22. The number of fused-ring (bicyclic) bond motifs is 1. The zero-order valence-corrected chi connectivity index (χ0v) is 16.7. The molecule has 2 aromatic heterocycles. The molecular weight excluding hydrogens is 417 g/mol. The molecule has 154 valence electrons. The third kappa shape index (κ3) is 3.66. The Hall–Kier alpha value is -3.26. The number of nitrogens with zero attached hydrogens (tertiary/aromatic N) is 3. The first-order valence-electron chi connectivity index (χ1n) is 8.91. The molecule has 0 bridgehead atoms. The van der Waals surface area contributed by atoms with E-state index in [1.807, 2.05) is 0 Å². The normalized spacial score (nSPS) is 11.7. The molecule has 0 aliphatic carbocycles. The molecule has 4 aromatic rings. The number of rotatable bonds is 4. The van der Waals surface area contributed by atoms with Crippen LogP contribution in [0.25, 0.3) is 16.8 Å². The quantitative estimate of drug-likeness (QED) is 0.421. The maximum atomic E-state index is 13.9. The van der Waals surface area contributed by atoms with Crippen LogP contribution in [0.15, 0.2) is 54.6 Å². The first-order chi connectivity index (χ1) is 14.3. The minimum absolute atomic E-state index is 0.0563. The molecule has 0 atom stereocenters. The molecule has 0 saturated carbocycles. The van der Waals surface area contributed by atoms with E-state index in [4.69, 9.17) is 16.3 Å². The van der Waals surface area contributed by atoms with E-state index in [0.717, 1.165) is 4.52 Å². The summed E-state index contributed by atoms with van der Waals surface area (Å²) in [5, 5.41) is 7.14. The van der Waals surface area contributed by atoms with Gasteiger partial charge in [0.15, 0.2) is 11.3 Å². The third-order valence-corrected chi connectivity index (χ3v) is 4.80. The molecule has 2 heterocycles. The zero-order chi connectivity index (χ0) is 21.5. The number of alkyl halides is 3. The van der Waals surface area contributed by atoms with Crippen LogP contribution in [0.4, 0.5) is 24.7 Å². The number of hydrogen-bond donors (Lipinski definition) is 1. The Balaban J connectivity index is 1.97. The Morgan fingerprint density at radius 1 is 1.07 bits per heavy atom. The van der Waals surface area contributed by atoms with Crippen molar-refractivity contribution in [3.8, 4) is 16.9 Å². The van der Waals surface area contributed by atoms with Crippen LogP contribution in [-0.4, -0.2) is 21.7 Å². The van der Waals surface area contributed by atoms with Gasteiger partial charge in [-0.15, -0.1) is 0 Å². The summed E-state index contributed by atoms with van der Waals surface area (Å²) in [5.74, 6) is 0.935. The third-order valence-electron chi connectivity index (χ3n) is 4.47. The van der Waals surface area contributed by atoms with Crippen LogP contribution < -0.4 is 10.1 Å². The second-order valence-corrected chi connectivity index (χ2v) is 6.98. The molecule has 0 aliphatic rings. The van der Waals surface area contributed by atoms with E-state index in [-0.39, 0.29) is 21.8 Å². The molecule has 0 saturated heterocycles. The van der Waals surface area contributed by atoms with E-state index in [1.165, 1.54) is 19.2 Å². The van der Waals surface area contributed by atoms with Crippen molar-refractivity contribution in [2.75, 3.05) is 12.4 Å². The summed E-state index contributed by atoms with van der Waals surface area (Å²) in [6.07, 6.45) is -4.69.